The second-order valence-electron chi connectivity index (χ2n) is 5.18. The van der Waals surface area contributed by atoms with Gasteiger partial charge in [-0.25, -0.2) is 4.39 Å². The van der Waals surface area contributed by atoms with Crippen LogP contribution in [0.4, 0.5) is 4.39 Å². The van der Waals surface area contributed by atoms with Crippen LogP contribution in [0.5, 0.6) is 11.5 Å². The molecule has 0 aliphatic carbocycles. The second kappa shape index (κ2) is 9.08. The van der Waals surface area contributed by atoms with Crippen LogP contribution < -0.4 is 20.1 Å². The molecule has 2 N–H and O–H groups in total. The van der Waals surface area contributed by atoms with E-state index in [9.17, 15) is 4.39 Å². The Hall–Kier alpha value is -2.34. The maximum Gasteiger partial charge on any atom is 0.166 e. The first-order valence-corrected chi connectivity index (χ1v) is 8.00. The normalized spacial score (nSPS) is 10.1. The number of halogens is 1. The summed E-state index contributed by atoms with van der Waals surface area (Å²) in [4.78, 5) is 0. The van der Waals surface area contributed by atoms with Crippen molar-refractivity contribution in [3.05, 3.63) is 59.4 Å². The Kier molecular flexibility index (Phi) is 6.81. The highest BCUT2D eigenvalue weighted by molar-refractivity contribution is 7.80. The second-order valence-corrected chi connectivity index (χ2v) is 5.58. The molecule has 0 unspecified atom stereocenters. The molecular weight excluding hydrogens is 327 g/mol. The van der Waals surface area contributed by atoms with E-state index in [-0.39, 0.29) is 5.82 Å². The molecule has 0 saturated heterocycles. The zero-order valence-electron chi connectivity index (χ0n) is 13.8. The Morgan fingerprint density at radius 3 is 2.29 bits per heavy atom. The van der Waals surface area contributed by atoms with Gasteiger partial charge in [0.05, 0.1) is 14.2 Å². The number of thiocarbonyl (C=S) groups is 1. The van der Waals surface area contributed by atoms with E-state index >= 15 is 0 Å². The molecule has 0 aliphatic heterocycles. The zero-order chi connectivity index (χ0) is 17.4. The van der Waals surface area contributed by atoms with Crippen LogP contribution in [0.15, 0.2) is 42.5 Å². The number of ether oxygens (including phenoxy) is 2. The van der Waals surface area contributed by atoms with E-state index in [1.165, 1.54) is 12.1 Å². The van der Waals surface area contributed by atoms with E-state index in [1.54, 1.807) is 26.4 Å². The predicted molar refractivity (Wildman–Crippen MR) is 97.1 cm³/mol. The summed E-state index contributed by atoms with van der Waals surface area (Å²) in [5.41, 5.74) is 2.10. The highest BCUT2D eigenvalue weighted by Gasteiger charge is 2.04. The summed E-state index contributed by atoms with van der Waals surface area (Å²) in [6, 6.07) is 12.2. The van der Waals surface area contributed by atoms with Crippen molar-refractivity contribution in [2.24, 2.45) is 0 Å². The van der Waals surface area contributed by atoms with Crippen LogP contribution >= 0.6 is 12.2 Å². The Morgan fingerprint density at radius 2 is 1.62 bits per heavy atom. The molecule has 128 valence electrons. The molecule has 2 aromatic rings. The summed E-state index contributed by atoms with van der Waals surface area (Å²) in [6.07, 6.45) is 0.804. The Labute approximate surface area is 147 Å². The molecule has 2 aromatic carbocycles. The Morgan fingerprint density at radius 1 is 0.958 bits per heavy atom. The van der Waals surface area contributed by atoms with Crippen LogP contribution in [-0.2, 0) is 13.0 Å². The summed E-state index contributed by atoms with van der Waals surface area (Å²) < 4.78 is 23.4. The quantitative estimate of drug-likeness (QED) is 0.753. The third kappa shape index (κ3) is 5.38. The number of methoxy groups -OCH3 is 2. The minimum atomic E-state index is -0.241. The van der Waals surface area contributed by atoms with Gasteiger partial charge in [-0.1, -0.05) is 18.2 Å². The molecule has 2 rings (SSSR count). The summed E-state index contributed by atoms with van der Waals surface area (Å²) >= 11 is 5.24. The number of hydrogen-bond donors (Lipinski definition) is 2. The van der Waals surface area contributed by atoms with Crippen molar-refractivity contribution in [3.63, 3.8) is 0 Å². The van der Waals surface area contributed by atoms with Crippen LogP contribution in [0.1, 0.15) is 11.1 Å². The molecule has 0 bridgehead atoms. The van der Waals surface area contributed by atoms with Crippen molar-refractivity contribution in [1.29, 1.82) is 0 Å². The zero-order valence-corrected chi connectivity index (χ0v) is 14.6. The molecule has 0 aromatic heterocycles. The lowest BCUT2D eigenvalue weighted by atomic mass is 10.1. The highest BCUT2D eigenvalue weighted by Crippen LogP contribution is 2.27. The van der Waals surface area contributed by atoms with E-state index in [0.29, 0.717) is 29.7 Å². The molecule has 0 fully saturated rings. The van der Waals surface area contributed by atoms with Crippen LogP contribution in [0, 0.1) is 5.82 Å². The minimum absolute atomic E-state index is 0.241. The van der Waals surface area contributed by atoms with Gasteiger partial charge in [0, 0.05) is 13.1 Å². The maximum atomic E-state index is 12.8. The lowest BCUT2D eigenvalue weighted by Gasteiger charge is -2.12. The fourth-order valence-corrected chi connectivity index (χ4v) is 2.38. The molecule has 0 aliphatic rings. The minimum Gasteiger partial charge on any atom is -0.493 e. The van der Waals surface area contributed by atoms with Gasteiger partial charge in [-0.2, -0.15) is 0 Å². The van der Waals surface area contributed by atoms with E-state index in [4.69, 9.17) is 21.7 Å². The van der Waals surface area contributed by atoms with Gasteiger partial charge >= 0.3 is 0 Å². The number of hydrogen-bond acceptors (Lipinski definition) is 3. The Bertz CT molecular complexity index is 677. The van der Waals surface area contributed by atoms with Crippen molar-refractivity contribution in [3.8, 4) is 11.5 Å². The van der Waals surface area contributed by atoms with Gasteiger partial charge < -0.3 is 20.1 Å². The van der Waals surface area contributed by atoms with Gasteiger partial charge in [-0.15, -0.1) is 0 Å². The molecule has 0 saturated carbocycles. The summed E-state index contributed by atoms with van der Waals surface area (Å²) in [5, 5.41) is 6.82. The first kappa shape index (κ1) is 18.0. The first-order valence-electron chi connectivity index (χ1n) is 7.59. The third-order valence-corrected chi connectivity index (χ3v) is 3.80. The molecule has 0 atom stereocenters. The highest BCUT2D eigenvalue weighted by atomic mass is 32.1. The van der Waals surface area contributed by atoms with E-state index in [2.05, 4.69) is 10.6 Å². The lowest BCUT2D eigenvalue weighted by molar-refractivity contribution is 0.354. The molecular formula is C18H21FN2O2S. The maximum absolute atomic E-state index is 12.8. The fourth-order valence-electron chi connectivity index (χ4n) is 2.20. The molecule has 0 spiro atoms. The molecule has 0 amide bonds. The van der Waals surface area contributed by atoms with Gasteiger partial charge in [-0.3, -0.25) is 0 Å². The van der Waals surface area contributed by atoms with Crippen LogP contribution in [-0.4, -0.2) is 25.9 Å². The van der Waals surface area contributed by atoms with Crippen molar-refractivity contribution >= 4 is 17.3 Å². The smallest absolute Gasteiger partial charge is 0.166 e. The van der Waals surface area contributed by atoms with E-state index < -0.39 is 0 Å². The van der Waals surface area contributed by atoms with Gasteiger partial charge in [0.25, 0.3) is 0 Å². The summed E-state index contributed by atoms with van der Waals surface area (Å²) in [5.74, 6) is 1.19. The SMILES string of the molecule is COc1ccc(CCNC(=S)NCc2ccc(F)cc2)cc1OC. The van der Waals surface area contributed by atoms with Crippen LogP contribution in [0.25, 0.3) is 0 Å². The first-order chi connectivity index (χ1) is 11.6. The number of nitrogens with one attached hydrogen (secondary N) is 2. The van der Waals surface area contributed by atoms with E-state index in [0.717, 1.165) is 17.5 Å². The van der Waals surface area contributed by atoms with Crippen molar-refractivity contribution in [2.45, 2.75) is 13.0 Å². The predicted octanol–water partition coefficient (Wildman–Crippen LogP) is 3.05. The average molecular weight is 348 g/mol. The van der Waals surface area contributed by atoms with Gasteiger partial charge in [0.15, 0.2) is 16.6 Å². The standard InChI is InChI=1S/C18H21FN2O2S/c1-22-16-8-5-13(11-17(16)23-2)9-10-20-18(24)21-12-14-3-6-15(19)7-4-14/h3-8,11H,9-10,12H2,1-2H3,(H2,20,21,24). The average Bonchev–Trinajstić information content (AvgIpc) is 2.61. The monoisotopic (exact) mass is 348 g/mol. The lowest BCUT2D eigenvalue weighted by Crippen LogP contribution is -2.35. The topological polar surface area (TPSA) is 42.5 Å². The summed E-state index contributed by atoms with van der Waals surface area (Å²) in [7, 11) is 3.23. The molecule has 0 radical (unpaired) electrons. The van der Waals surface area contributed by atoms with Gasteiger partial charge in [0.2, 0.25) is 0 Å². The largest absolute Gasteiger partial charge is 0.493 e. The van der Waals surface area contributed by atoms with Gasteiger partial charge in [-0.05, 0) is 54.0 Å². The molecule has 4 nitrogen and oxygen atoms in total. The molecule has 0 heterocycles. The van der Waals surface area contributed by atoms with Gasteiger partial charge in [0.1, 0.15) is 5.82 Å². The van der Waals surface area contributed by atoms with Crippen molar-refractivity contribution in [2.75, 3.05) is 20.8 Å². The van der Waals surface area contributed by atoms with Crippen molar-refractivity contribution in [1.82, 2.24) is 10.6 Å². The van der Waals surface area contributed by atoms with E-state index in [1.807, 2.05) is 18.2 Å². The Balaban J connectivity index is 1.75. The third-order valence-electron chi connectivity index (χ3n) is 3.51. The number of rotatable bonds is 7. The number of benzene rings is 2. The molecule has 24 heavy (non-hydrogen) atoms. The van der Waals surface area contributed by atoms with Crippen LogP contribution in [0.2, 0.25) is 0 Å². The van der Waals surface area contributed by atoms with Crippen molar-refractivity contribution < 1.29 is 13.9 Å². The summed E-state index contributed by atoms with van der Waals surface area (Å²) in [6.45, 7) is 1.26. The van der Waals surface area contributed by atoms with Crippen LogP contribution in [0.3, 0.4) is 0 Å². The molecule has 6 heteroatoms. The fraction of sp³-hybridized carbons (Fsp3) is 0.278.